The summed E-state index contributed by atoms with van der Waals surface area (Å²) in [6.07, 6.45) is 3.80. The lowest BCUT2D eigenvalue weighted by molar-refractivity contribution is -0.126. The number of rotatable bonds is 6. The highest BCUT2D eigenvalue weighted by Crippen LogP contribution is 2.26. The zero-order valence-corrected chi connectivity index (χ0v) is 16.0. The van der Waals surface area contributed by atoms with Gasteiger partial charge in [-0.15, -0.1) is 0 Å². The number of halogens is 1. The summed E-state index contributed by atoms with van der Waals surface area (Å²) in [4.78, 5) is 12.4. The number of amides is 1. The van der Waals surface area contributed by atoms with E-state index in [0.29, 0.717) is 11.6 Å². The van der Waals surface area contributed by atoms with Crippen LogP contribution in [0, 0.1) is 11.7 Å². The molecule has 4 nitrogen and oxygen atoms in total. The third kappa shape index (κ3) is 4.86. The van der Waals surface area contributed by atoms with Gasteiger partial charge < -0.3 is 16.0 Å². The lowest BCUT2D eigenvalue weighted by atomic mass is 9.85. The van der Waals surface area contributed by atoms with Crippen LogP contribution < -0.4 is 16.0 Å². The van der Waals surface area contributed by atoms with Gasteiger partial charge in [-0.05, 0) is 68.1 Å². The molecule has 0 bridgehead atoms. The number of anilines is 1. The molecule has 0 radical (unpaired) electrons. The van der Waals surface area contributed by atoms with Gasteiger partial charge >= 0.3 is 0 Å². The van der Waals surface area contributed by atoms with Crippen molar-refractivity contribution in [2.45, 2.75) is 38.3 Å². The summed E-state index contributed by atoms with van der Waals surface area (Å²) in [7, 11) is 3.84. The van der Waals surface area contributed by atoms with E-state index >= 15 is 0 Å². The first-order valence-corrected chi connectivity index (χ1v) is 9.62. The van der Waals surface area contributed by atoms with E-state index in [-0.39, 0.29) is 24.2 Å². The molecule has 1 aliphatic rings. The first kappa shape index (κ1) is 19.4. The van der Waals surface area contributed by atoms with Crippen molar-refractivity contribution in [2.24, 2.45) is 5.92 Å². The molecule has 1 saturated carbocycles. The highest BCUT2D eigenvalue weighted by molar-refractivity contribution is 5.78. The molecule has 27 heavy (non-hydrogen) atoms. The van der Waals surface area contributed by atoms with Gasteiger partial charge in [-0.1, -0.05) is 18.2 Å². The minimum atomic E-state index is -0.287. The third-order valence-corrected chi connectivity index (χ3v) is 5.51. The monoisotopic (exact) mass is 369 g/mol. The van der Waals surface area contributed by atoms with Crippen LogP contribution in [0.4, 0.5) is 10.1 Å². The number of hydrogen-bond donors (Lipinski definition) is 3. The van der Waals surface area contributed by atoms with Gasteiger partial charge in [0.2, 0.25) is 5.91 Å². The lowest BCUT2D eigenvalue weighted by Gasteiger charge is -2.27. The molecule has 0 atom stereocenters. The van der Waals surface area contributed by atoms with E-state index < -0.39 is 0 Å². The molecule has 3 N–H and O–H groups in total. The van der Waals surface area contributed by atoms with Crippen molar-refractivity contribution >= 4 is 11.6 Å². The third-order valence-electron chi connectivity index (χ3n) is 5.51. The Morgan fingerprint density at radius 1 is 1.00 bits per heavy atom. The molecule has 0 aliphatic heterocycles. The average Bonchev–Trinajstić information content (AvgIpc) is 2.73. The fraction of sp³-hybridized carbons (Fsp3) is 0.409. The fourth-order valence-corrected chi connectivity index (χ4v) is 3.69. The molecule has 0 unspecified atom stereocenters. The molecular formula is C22H28FN3O. The number of hydrogen-bond acceptors (Lipinski definition) is 3. The maximum Gasteiger partial charge on any atom is 0.223 e. The molecule has 2 aromatic rings. The van der Waals surface area contributed by atoms with Gasteiger partial charge in [-0.2, -0.15) is 0 Å². The van der Waals surface area contributed by atoms with E-state index in [1.165, 1.54) is 6.07 Å². The van der Waals surface area contributed by atoms with Crippen LogP contribution in [0.2, 0.25) is 0 Å². The maximum absolute atomic E-state index is 14.2. The summed E-state index contributed by atoms with van der Waals surface area (Å²) in [5, 5.41) is 9.29. The summed E-state index contributed by atoms with van der Waals surface area (Å²) >= 11 is 0. The van der Waals surface area contributed by atoms with Crippen LogP contribution in [-0.4, -0.2) is 26.0 Å². The van der Waals surface area contributed by atoms with E-state index in [9.17, 15) is 9.18 Å². The highest BCUT2D eigenvalue weighted by atomic mass is 19.1. The fourth-order valence-electron chi connectivity index (χ4n) is 3.69. The van der Waals surface area contributed by atoms with Gasteiger partial charge in [0.05, 0.1) is 0 Å². The van der Waals surface area contributed by atoms with E-state index in [2.05, 4.69) is 16.0 Å². The van der Waals surface area contributed by atoms with E-state index in [1.54, 1.807) is 6.07 Å². The first-order valence-electron chi connectivity index (χ1n) is 9.62. The van der Waals surface area contributed by atoms with Crippen molar-refractivity contribution in [3.63, 3.8) is 0 Å². The number of benzene rings is 2. The SMILES string of the molecule is CNc1ccc(-c2ccc(F)c(CNC(=O)C3CCC(NC)CC3)c2)cc1. The zero-order chi connectivity index (χ0) is 19.2. The smallest absolute Gasteiger partial charge is 0.223 e. The Balaban J connectivity index is 1.63. The van der Waals surface area contributed by atoms with Crippen LogP contribution >= 0.6 is 0 Å². The topological polar surface area (TPSA) is 53.2 Å². The van der Waals surface area contributed by atoms with Gasteiger partial charge in [0.15, 0.2) is 0 Å². The van der Waals surface area contributed by atoms with Crippen molar-refractivity contribution in [1.82, 2.24) is 10.6 Å². The van der Waals surface area contributed by atoms with E-state index in [0.717, 1.165) is 42.5 Å². The van der Waals surface area contributed by atoms with Crippen LogP contribution in [0.1, 0.15) is 31.2 Å². The number of carbonyl (C=O) groups excluding carboxylic acids is 1. The molecule has 0 aromatic heterocycles. The Hall–Kier alpha value is -2.40. The standard InChI is InChI=1S/C22H28FN3O/c1-24-19-8-3-15(4-9-19)17-7-12-21(23)18(13-17)14-26-22(27)16-5-10-20(25-2)11-6-16/h3-4,7-9,12-13,16,20,24-25H,5-6,10-11,14H2,1-2H3,(H,26,27). The van der Waals surface area contributed by atoms with Crippen molar-refractivity contribution in [2.75, 3.05) is 19.4 Å². The van der Waals surface area contributed by atoms with E-state index in [1.807, 2.05) is 44.4 Å². The molecule has 1 aliphatic carbocycles. The summed E-state index contributed by atoms with van der Waals surface area (Å²) in [5.41, 5.74) is 3.51. The van der Waals surface area contributed by atoms with Crippen molar-refractivity contribution in [3.05, 3.63) is 53.8 Å². The van der Waals surface area contributed by atoms with Crippen LogP contribution in [0.5, 0.6) is 0 Å². The summed E-state index contributed by atoms with van der Waals surface area (Å²) in [6, 6.07) is 13.6. The Morgan fingerprint density at radius 2 is 1.67 bits per heavy atom. The Morgan fingerprint density at radius 3 is 2.30 bits per heavy atom. The summed E-state index contributed by atoms with van der Waals surface area (Å²) < 4.78 is 14.2. The predicted octanol–water partition coefficient (Wildman–Crippen LogP) is 3.93. The summed E-state index contributed by atoms with van der Waals surface area (Å²) in [5.74, 6) is -0.215. The zero-order valence-electron chi connectivity index (χ0n) is 16.0. The van der Waals surface area contributed by atoms with Crippen molar-refractivity contribution < 1.29 is 9.18 Å². The first-order chi connectivity index (χ1) is 13.1. The average molecular weight is 369 g/mol. The molecule has 144 valence electrons. The van der Waals surface area contributed by atoms with Crippen LogP contribution in [0.25, 0.3) is 11.1 Å². The second-order valence-corrected chi connectivity index (χ2v) is 7.19. The molecule has 2 aromatic carbocycles. The molecular weight excluding hydrogens is 341 g/mol. The van der Waals surface area contributed by atoms with Gasteiger partial charge in [-0.25, -0.2) is 4.39 Å². The highest BCUT2D eigenvalue weighted by Gasteiger charge is 2.25. The molecule has 3 rings (SSSR count). The lowest BCUT2D eigenvalue weighted by Crippen LogP contribution is -2.37. The second-order valence-electron chi connectivity index (χ2n) is 7.19. The molecule has 5 heteroatoms. The Labute approximate surface area is 160 Å². The van der Waals surface area contributed by atoms with Gasteiger partial charge in [0, 0.05) is 36.8 Å². The van der Waals surface area contributed by atoms with Gasteiger partial charge in [0.25, 0.3) is 0 Å². The number of carbonyl (C=O) groups is 1. The van der Waals surface area contributed by atoms with Crippen molar-refractivity contribution in [1.29, 1.82) is 0 Å². The molecule has 0 heterocycles. The largest absolute Gasteiger partial charge is 0.388 e. The Bertz CT molecular complexity index is 768. The maximum atomic E-state index is 14.2. The van der Waals surface area contributed by atoms with Gasteiger partial charge in [0.1, 0.15) is 5.82 Å². The van der Waals surface area contributed by atoms with Crippen LogP contribution in [-0.2, 0) is 11.3 Å². The quantitative estimate of drug-likeness (QED) is 0.723. The normalized spacial score (nSPS) is 19.5. The molecule has 0 spiro atoms. The van der Waals surface area contributed by atoms with Gasteiger partial charge in [-0.3, -0.25) is 4.79 Å². The van der Waals surface area contributed by atoms with Crippen molar-refractivity contribution in [3.8, 4) is 11.1 Å². The molecule has 1 fully saturated rings. The van der Waals surface area contributed by atoms with E-state index in [4.69, 9.17) is 0 Å². The summed E-state index contributed by atoms with van der Waals surface area (Å²) in [6.45, 7) is 0.221. The predicted molar refractivity (Wildman–Crippen MR) is 108 cm³/mol. The second kappa shape index (κ2) is 9.00. The Kier molecular flexibility index (Phi) is 6.45. The minimum Gasteiger partial charge on any atom is -0.388 e. The number of nitrogens with one attached hydrogen (secondary N) is 3. The molecule has 1 amide bonds. The molecule has 0 saturated heterocycles. The van der Waals surface area contributed by atoms with Crippen LogP contribution in [0.15, 0.2) is 42.5 Å². The van der Waals surface area contributed by atoms with Crippen LogP contribution in [0.3, 0.4) is 0 Å². The minimum absolute atomic E-state index is 0.0349.